The van der Waals surface area contributed by atoms with Crippen molar-refractivity contribution in [1.29, 1.82) is 5.26 Å². The molecule has 1 heterocycles. The molecule has 2 aromatic rings. The molecule has 0 aliphatic carbocycles. The predicted molar refractivity (Wildman–Crippen MR) is 68.1 cm³/mol. The molecule has 1 aromatic heterocycles. The highest BCUT2D eigenvalue weighted by Crippen LogP contribution is 2.12. The summed E-state index contributed by atoms with van der Waals surface area (Å²) >= 11 is 0. The second-order valence-electron chi connectivity index (χ2n) is 4.20. The van der Waals surface area contributed by atoms with E-state index >= 15 is 0 Å². The molecule has 18 heavy (non-hydrogen) atoms. The zero-order chi connectivity index (χ0) is 13.1. The average molecular weight is 243 g/mol. The van der Waals surface area contributed by atoms with Gasteiger partial charge in [0, 0.05) is 11.4 Å². The summed E-state index contributed by atoms with van der Waals surface area (Å²) in [5, 5.41) is 8.97. The normalized spacial score (nSPS) is 10.1. The number of halogens is 1. The van der Waals surface area contributed by atoms with Gasteiger partial charge in [0.1, 0.15) is 5.82 Å². The van der Waals surface area contributed by atoms with Gasteiger partial charge in [-0.2, -0.15) is 5.26 Å². The third-order valence-electron chi connectivity index (χ3n) is 2.89. The fourth-order valence-electron chi connectivity index (χ4n) is 1.90. The van der Waals surface area contributed by atoms with Crippen LogP contribution in [0.5, 0.6) is 0 Å². The standard InChI is InChI=1S/C14H14FN3/c1-10-3-4-11(2)18(10)17-9-13-7-14(15)6-5-12(13)8-16/h3-7,17H,9H2,1-2H3. The monoisotopic (exact) mass is 243 g/mol. The largest absolute Gasteiger partial charge is 0.321 e. The van der Waals surface area contributed by atoms with Crippen molar-refractivity contribution >= 4 is 0 Å². The number of rotatable bonds is 3. The van der Waals surface area contributed by atoms with Crippen molar-refractivity contribution in [2.45, 2.75) is 20.4 Å². The molecule has 92 valence electrons. The minimum Gasteiger partial charge on any atom is -0.321 e. The Labute approximate surface area is 105 Å². The molecule has 0 saturated heterocycles. The molecule has 2 rings (SSSR count). The number of benzene rings is 1. The summed E-state index contributed by atoms with van der Waals surface area (Å²) in [5.74, 6) is -0.327. The van der Waals surface area contributed by atoms with E-state index in [1.54, 1.807) is 0 Å². The summed E-state index contributed by atoms with van der Waals surface area (Å²) in [5.41, 5.74) is 6.47. The fourth-order valence-corrected chi connectivity index (χ4v) is 1.90. The molecule has 3 nitrogen and oxygen atoms in total. The lowest BCUT2D eigenvalue weighted by molar-refractivity contribution is 0.624. The second-order valence-corrected chi connectivity index (χ2v) is 4.20. The summed E-state index contributed by atoms with van der Waals surface area (Å²) < 4.78 is 15.1. The second kappa shape index (κ2) is 4.92. The molecule has 0 bridgehead atoms. The van der Waals surface area contributed by atoms with Gasteiger partial charge < -0.3 is 5.43 Å². The Hall–Kier alpha value is -2.28. The van der Waals surface area contributed by atoms with Crippen molar-refractivity contribution in [3.8, 4) is 6.07 Å². The number of aromatic nitrogens is 1. The SMILES string of the molecule is Cc1ccc(C)n1NCc1cc(F)ccc1C#N. The Morgan fingerprint density at radius 3 is 2.50 bits per heavy atom. The van der Waals surface area contributed by atoms with Gasteiger partial charge in [-0.05, 0) is 49.7 Å². The number of nitrogens with one attached hydrogen (secondary N) is 1. The summed E-state index contributed by atoms with van der Waals surface area (Å²) in [6.45, 7) is 4.38. The minimum absolute atomic E-state index is 0.327. The maximum atomic E-state index is 13.2. The Morgan fingerprint density at radius 1 is 1.22 bits per heavy atom. The van der Waals surface area contributed by atoms with Gasteiger partial charge in [0.15, 0.2) is 0 Å². The maximum Gasteiger partial charge on any atom is 0.123 e. The highest BCUT2D eigenvalue weighted by molar-refractivity contribution is 5.38. The van der Waals surface area contributed by atoms with Crippen molar-refractivity contribution in [2.24, 2.45) is 0 Å². The van der Waals surface area contributed by atoms with E-state index in [4.69, 9.17) is 5.26 Å². The first-order valence-corrected chi connectivity index (χ1v) is 5.69. The van der Waals surface area contributed by atoms with Crippen LogP contribution in [0.2, 0.25) is 0 Å². The van der Waals surface area contributed by atoms with Crippen LogP contribution in [0.4, 0.5) is 4.39 Å². The summed E-state index contributed by atoms with van der Waals surface area (Å²) in [6.07, 6.45) is 0. The van der Waals surface area contributed by atoms with Gasteiger partial charge in [-0.25, -0.2) is 4.39 Å². The third kappa shape index (κ3) is 2.35. The first-order valence-electron chi connectivity index (χ1n) is 5.69. The van der Waals surface area contributed by atoms with Crippen LogP contribution >= 0.6 is 0 Å². The van der Waals surface area contributed by atoms with Crippen molar-refractivity contribution in [1.82, 2.24) is 4.68 Å². The molecular formula is C14H14FN3. The number of hydrogen-bond acceptors (Lipinski definition) is 2. The molecule has 0 saturated carbocycles. The quantitative estimate of drug-likeness (QED) is 0.900. The molecule has 1 aromatic carbocycles. The molecule has 0 aliphatic rings. The van der Waals surface area contributed by atoms with E-state index in [0.29, 0.717) is 17.7 Å². The molecule has 0 fully saturated rings. The topological polar surface area (TPSA) is 40.8 Å². The lowest BCUT2D eigenvalue weighted by Gasteiger charge is -2.13. The van der Waals surface area contributed by atoms with Gasteiger partial charge in [0.05, 0.1) is 18.2 Å². The summed E-state index contributed by atoms with van der Waals surface area (Å²) in [4.78, 5) is 0. The van der Waals surface area contributed by atoms with Crippen LogP contribution in [0.3, 0.4) is 0 Å². The van der Waals surface area contributed by atoms with Gasteiger partial charge in [-0.3, -0.25) is 4.68 Å². The maximum absolute atomic E-state index is 13.2. The zero-order valence-corrected chi connectivity index (χ0v) is 10.4. The molecular weight excluding hydrogens is 229 g/mol. The van der Waals surface area contributed by atoms with E-state index in [1.807, 2.05) is 30.7 Å². The highest BCUT2D eigenvalue weighted by Gasteiger charge is 2.05. The summed E-state index contributed by atoms with van der Waals surface area (Å²) in [6, 6.07) is 10.3. The van der Waals surface area contributed by atoms with E-state index in [1.165, 1.54) is 18.2 Å². The molecule has 0 atom stereocenters. The summed E-state index contributed by atoms with van der Waals surface area (Å²) in [7, 11) is 0. The van der Waals surface area contributed by atoms with E-state index in [0.717, 1.165) is 11.4 Å². The Morgan fingerprint density at radius 2 is 1.89 bits per heavy atom. The van der Waals surface area contributed by atoms with Crippen LogP contribution in [0, 0.1) is 31.0 Å². The number of aryl methyl sites for hydroxylation is 2. The van der Waals surface area contributed by atoms with Crippen LogP contribution < -0.4 is 5.43 Å². The first-order chi connectivity index (χ1) is 8.61. The van der Waals surface area contributed by atoms with E-state index < -0.39 is 0 Å². The van der Waals surface area contributed by atoms with Gasteiger partial charge in [0.2, 0.25) is 0 Å². The first kappa shape index (κ1) is 12.2. The lowest BCUT2D eigenvalue weighted by atomic mass is 10.1. The van der Waals surface area contributed by atoms with E-state index in [9.17, 15) is 4.39 Å². The molecule has 0 radical (unpaired) electrons. The van der Waals surface area contributed by atoms with E-state index in [-0.39, 0.29) is 5.82 Å². The molecule has 0 spiro atoms. The Bertz CT molecular complexity index is 588. The third-order valence-corrected chi connectivity index (χ3v) is 2.89. The van der Waals surface area contributed by atoms with Crippen LogP contribution in [-0.2, 0) is 6.54 Å². The zero-order valence-electron chi connectivity index (χ0n) is 10.4. The minimum atomic E-state index is -0.327. The number of hydrogen-bond donors (Lipinski definition) is 1. The Kier molecular flexibility index (Phi) is 3.33. The van der Waals surface area contributed by atoms with Crippen LogP contribution in [0.15, 0.2) is 30.3 Å². The average Bonchev–Trinajstić information content (AvgIpc) is 2.67. The number of nitrogens with zero attached hydrogens (tertiary/aromatic N) is 2. The number of nitriles is 1. The molecule has 0 amide bonds. The molecule has 1 N–H and O–H groups in total. The van der Waals surface area contributed by atoms with Crippen molar-refractivity contribution in [3.05, 3.63) is 58.7 Å². The lowest BCUT2D eigenvalue weighted by Crippen LogP contribution is -2.17. The van der Waals surface area contributed by atoms with Crippen LogP contribution in [0.1, 0.15) is 22.5 Å². The van der Waals surface area contributed by atoms with Crippen molar-refractivity contribution < 1.29 is 4.39 Å². The smallest absolute Gasteiger partial charge is 0.123 e. The van der Waals surface area contributed by atoms with Crippen molar-refractivity contribution in [3.63, 3.8) is 0 Å². The Balaban J connectivity index is 2.21. The van der Waals surface area contributed by atoms with Gasteiger partial charge in [-0.1, -0.05) is 0 Å². The van der Waals surface area contributed by atoms with Crippen LogP contribution in [0.25, 0.3) is 0 Å². The van der Waals surface area contributed by atoms with E-state index in [2.05, 4.69) is 11.5 Å². The molecule has 4 heteroatoms. The van der Waals surface area contributed by atoms with Gasteiger partial charge in [-0.15, -0.1) is 0 Å². The van der Waals surface area contributed by atoms with Gasteiger partial charge in [0.25, 0.3) is 0 Å². The van der Waals surface area contributed by atoms with Crippen molar-refractivity contribution in [2.75, 3.05) is 5.43 Å². The molecule has 0 unspecified atom stereocenters. The highest BCUT2D eigenvalue weighted by atomic mass is 19.1. The molecule has 0 aliphatic heterocycles. The predicted octanol–water partition coefficient (Wildman–Crippen LogP) is 2.86. The van der Waals surface area contributed by atoms with Crippen LogP contribution in [-0.4, -0.2) is 4.68 Å². The fraction of sp³-hybridized carbons (Fsp3) is 0.214. The van der Waals surface area contributed by atoms with Gasteiger partial charge >= 0.3 is 0 Å².